The Labute approximate surface area is 273 Å². The second-order valence-corrected chi connectivity index (χ2v) is 14.0. The third kappa shape index (κ3) is 14.4. The van der Waals surface area contributed by atoms with Crippen molar-refractivity contribution in [2.75, 3.05) is 0 Å². The molecule has 3 heterocycles. The van der Waals surface area contributed by atoms with E-state index in [-0.39, 0.29) is 42.6 Å². The zero-order chi connectivity index (χ0) is 32.3. The zero-order valence-electron chi connectivity index (χ0n) is 28.5. The van der Waals surface area contributed by atoms with Crippen LogP contribution < -0.4 is 0 Å². The molecule has 3 aliphatic heterocycles. The van der Waals surface area contributed by atoms with Crippen LogP contribution in [0.2, 0.25) is 0 Å². The van der Waals surface area contributed by atoms with Crippen molar-refractivity contribution in [1.29, 1.82) is 0 Å². The van der Waals surface area contributed by atoms with Gasteiger partial charge >= 0.3 is 5.97 Å². The van der Waals surface area contributed by atoms with Crippen molar-refractivity contribution >= 4 is 11.7 Å². The average Bonchev–Trinajstić information content (AvgIpc) is 3.79. The lowest BCUT2D eigenvalue weighted by Crippen LogP contribution is -2.33. The molecular formula is C37H65NO7. The molecule has 260 valence electrons. The van der Waals surface area contributed by atoms with E-state index >= 15 is 0 Å². The molecule has 0 aromatic carbocycles. The van der Waals surface area contributed by atoms with Crippen LogP contribution in [0.25, 0.3) is 0 Å². The number of hydrogen-bond donors (Lipinski definition) is 3. The fourth-order valence-electron chi connectivity index (χ4n) is 7.25. The maximum atomic E-state index is 11.8. The Morgan fingerprint density at radius 1 is 0.756 bits per heavy atom. The summed E-state index contributed by atoms with van der Waals surface area (Å²) in [7, 11) is 0. The monoisotopic (exact) mass is 635 g/mol. The normalized spacial score (nSPS) is 26.8. The highest BCUT2D eigenvalue weighted by atomic mass is 16.6. The highest BCUT2D eigenvalue weighted by molar-refractivity contribution is 5.99. The number of ether oxygens (including phenoxy) is 3. The summed E-state index contributed by atoms with van der Waals surface area (Å²) in [6.45, 7) is 4.08. The van der Waals surface area contributed by atoms with E-state index in [1.165, 1.54) is 64.2 Å². The number of nitrogens with zero attached hydrogens (tertiary/aromatic N) is 1. The first kappa shape index (κ1) is 38.0. The van der Waals surface area contributed by atoms with Gasteiger partial charge in [-0.05, 0) is 64.4 Å². The van der Waals surface area contributed by atoms with E-state index in [1.54, 1.807) is 6.08 Å². The lowest BCUT2D eigenvalue weighted by molar-refractivity contribution is -0.139. The van der Waals surface area contributed by atoms with Gasteiger partial charge in [0.25, 0.3) is 0 Å². The van der Waals surface area contributed by atoms with Crippen LogP contribution >= 0.6 is 0 Å². The van der Waals surface area contributed by atoms with Crippen molar-refractivity contribution in [1.82, 2.24) is 0 Å². The fourth-order valence-corrected chi connectivity index (χ4v) is 7.25. The van der Waals surface area contributed by atoms with Crippen LogP contribution in [0.3, 0.4) is 0 Å². The zero-order valence-corrected chi connectivity index (χ0v) is 28.5. The lowest BCUT2D eigenvalue weighted by Gasteiger charge is -2.24. The maximum absolute atomic E-state index is 11.8. The number of unbranched alkanes of at least 4 members (excludes halogenated alkanes) is 14. The minimum Gasteiger partial charge on any atom is -0.455 e. The van der Waals surface area contributed by atoms with Gasteiger partial charge in [-0.3, -0.25) is 0 Å². The molecule has 0 radical (unpaired) electrons. The van der Waals surface area contributed by atoms with Crippen molar-refractivity contribution in [3.8, 4) is 0 Å². The molecule has 0 aromatic heterocycles. The molecule has 0 spiro atoms. The summed E-state index contributed by atoms with van der Waals surface area (Å²) >= 11 is 0. The second-order valence-electron chi connectivity index (χ2n) is 14.0. The van der Waals surface area contributed by atoms with Crippen molar-refractivity contribution in [3.05, 3.63) is 11.6 Å². The number of hydrogen-bond acceptors (Lipinski definition) is 8. The standard InChI is InChI=1S/C37H65NO7/c1-3-4-5-6-7-11-14-17-20-31(39)33-22-24-35(44-33)36-25-23-34(45-36)32(40)21-18-15-12-9-8-10-13-16-19-30(38-42)27-29-26-28(2)43-37(29)41/h26,28,31-36,39-40,42H,3-25,27H2,1-2H3/b38-30+/t28-,31-,32+,33+,34+,35-,36-/m0/s1. The van der Waals surface area contributed by atoms with Crippen molar-refractivity contribution in [3.63, 3.8) is 0 Å². The lowest BCUT2D eigenvalue weighted by atomic mass is 10.00. The van der Waals surface area contributed by atoms with Crippen LogP contribution in [0, 0.1) is 0 Å². The van der Waals surface area contributed by atoms with Crippen molar-refractivity contribution in [2.45, 2.75) is 211 Å². The summed E-state index contributed by atoms with van der Waals surface area (Å²) in [6, 6.07) is 0. The van der Waals surface area contributed by atoms with E-state index in [9.17, 15) is 20.2 Å². The van der Waals surface area contributed by atoms with E-state index in [4.69, 9.17) is 14.2 Å². The number of rotatable bonds is 25. The van der Waals surface area contributed by atoms with Gasteiger partial charge in [0.15, 0.2) is 0 Å². The van der Waals surface area contributed by atoms with E-state index in [0.717, 1.165) is 77.0 Å². The summed E-state index contributed by atoms with van der Waals surface area (Å²) in [5.74, 6) is -0.302. The summed E-state index contributed by atoms with van der Waals surface area (Å²) in [5, 5.41) is 34.1. The molecule has 2 fully saturated rings. The van der Waals surface area contributed by atoms with Crippen molar-refractivity contribution < 1.29 is 34.4 Å². The molecule has 0 amide bonds. The topological polar surface area (TPSA) is 118 Å². The fraction of sp³-hybridized carbons (Fsp3) is 0.892. The summed E-state index contributed by atoms with van der Waals surface area (Å²) in [4.78, 5) is 11.8. The number of esters is 1. The van der Waals surface area contributed by atoms with Gasteiger partial charge in [-0.2, -0.15) is 0 Å². The van der Waals surface area contributed by atoms with E-state index in [1.807, 2.05) is 6.92 Å². The van der Waals surface area contributed by atoms with Gasteiger partial charge in [-0.1, -0.05) is 108 Å². The number of carbonyl (C=O) groups excluding carboxylic acids is 1. The molecule has 0 unspecified atom stereocenters. The van der Waals surface area contributed by atoms with Crippen LogP contribution in [-0.4, -0.2) is 69.8 Å². The summed E-state index contributed by atoms with van der Waals surface area (Å²) in [6.07, 6.45) is 26.2. The minimum atomic E-state index is -0.410. The maximum Gasteiger partial charge on any atom is 0.334 e. The molecule has 8 nitrogen and oxygen atoms in total. The first-order valence-corrected chi connectivity index (χ1v) is 18.7. The SMILES string of the molecule is CCCCCCCCCC[C@H](O)[C@H]1CC[C@@H]([C@@H]2CC[C@H]([C@H](O)CCCCCCCCCC/C(CC3=C[C@H](C)OC3=O)=N\O)O2)O1. The average molecular weight is 636 g/mol. The molecule has 0 bridgehead atoms. The first-order valence-electron chi connectivity index (χ1n) is 18.7. The molecule has 45 heavy (non-hydrogen) atoms. The van der Waals surface area contributed by atoms with E-state index in [2.05, 4.69) is 12.1 Å². The van der Waals surface area contributed by atoms with E-state index in [0.29, 0.717) is 24.1 Å². The summed E-state index contributed by atoms with van der Waals surface area (Å²) < 4.78 is 17.7. The largest absolute Gasteiger partial charge is 0.455 e. The number of aliphatic hydroxyl groups excluding tert-OH is 2. The molecule has 3 aliphatic rings. The number of aliphatic hydroxyl groups is 2. The Hall–Kier alpha value is -1.48. The van der Waals surface area contributed by atoms with E-state index < -0.39 is 6.10 Å². The van der Waals surface area contributed by atoms with Gasteiger partial charge in [0, 0.05) is 12.0 Å². The van der Waals surface area contributed by atoms with Gasteiger partial charge in [-0.25, -0.2) is 4.79 Å². The van der Waals surface area contributed by atoms with Gasteiger partial charge in [0.05, 0.1) is 42.3 Å². The molecule has 2 saturated heterocycles. The molecule has 8 heteroatoms. The predicted octanol–water partition coefficient (Wildman–Crippen LogP) is 8.33. The molecule has 3 N–H and O–H groups in total. The van der Waals surface area contributed by atoms with Crippen molar-refractivity contribution in [2.24, 2.45) is 5.16 Å². The smallest absolute Gasteiger partial charge is 0.334 e. The third-order valence-electron chi connectivity index (χ3n) is 10.0. The number of carbonyl (C=O) groups is 1. The Bertz CT molecular complexity index is 877. The highest BCUT2D eigenvalue weighted by Crippen LogP contribution is 2.34. The molecule has 0 saturated carbocycles. The van der Waals surface area contributed by atoms with Gasteiger partial charge in [0.2, 0.25) is 0 Å². The minimum absolute atomic E-state index is 0.0460. The van der Waals surface area contributed by atoms with Gasteiger partial charge in [0.1, 0.15) is 6.10 Å². The van der Waals surface area contributed by atoms with Crippen LogP contribution in [0.5, 0.6) is 0 Å². The van der Waals surface area contributed by atoms with Crippen LogP contribution in [0.1, 0.15) is 168 Å². The Balaban J connectivity index is 1.14. The quantitative estimate of drug-likeness (QED) is 0.0303. The summed E-state index contributed by atoms with van der Waals surface area (Å²) in [5.41, 5.74) is 1.24. The van der Waals surface area contributed by atoms with Crippen LogP contribution in [0.4, 0.5) is 0 Å². The van der Waals surface area contributed by atoms with Gasteiger partial charge < -0.3 is 29.6 Å². The second kappa shape index (κ2) is 22.2. The molecule has 0 aromatic rings. The molecule has 7 atom stereocenters. The first-order chi connectivity index (χ1) is 21.9. The predicted molar refractivity (Wildman–Crippen MR) is 179 cm³/mol. The molecular weight excluding hydrogens is 570 g/mol. The molecule has 3 rings (SSSR count). The third-order valence-corrected chi connectivity index (χ3v) is 10.0. The Kier molecular flexibility index (Phi) is 18.7. The Morgan fingerprint density at radius 2 is 1.22 bits per heavy atom. The number of cyclic esters (lactones) is 1. The highest BCUT2D eigenvalue weighted by Gasteiger charge is 2.40. The van der Waals surface area contributed by atoms with Crippen LogP contribution in [-0.2, 0) is 19.0 Å². The van der Waals surface area contributed by atoms with Gasteiger partial charge in [-0.15, -0.1) is 0 Å². The van der Waals surface area contributed by atoms with Crippen LogP contribution in [0.15, 0.2) is 16.8 Å². The number of oxime groups is 1. The Morgan fingerprint density at radius 3 is 1.67 bits per heavy atom. The molecule has 0 aliphatic carbocycles.